The molecule has 1 aliphatic heterocycles. The van der Waals surface area contributed by atoms with Crippen LogP contribution >= 0.6 is 0 Å². The van der Waals surface area contributed by atoms with Gasteiger partial charge < -0.3 is 19.9 Å². The number of carbonyl (C=O) groups excluding carboxylic acids is 1. The van der Waals surface area contributed by atoms with E-state index >= 15 is 0 Å². The smallest absolute Gasteiger partial charge is 0.262 e. The molecule has 1 N–H and O–H groups in total. The van der Waals surface area contributed by atoms with Gasteiger partial charge >= 0.3 is 0 Å². The first-order valence-corrected chi connectivity index (χ1v) is 8.92. The predicted octanol–water partition coefficient (Wildman–Crippen LogP) is 1.92. The van der Waals surface area contributed by atoms with Crippen molar-refractivity contribution in [1.29, 1.82) is 5.26 Å². The molecule has 1 aromatic carbocycles. The summed E-state index contributed by atoms with van der Waals surface area (Å²) in [4.78, 5) is 21.0. The number of likely N-dealkylation sites (N-methyl/N-ethyl adjacent to an activating group) is 1. The van der Waals surface area contributed by atoms with Gasteiger partial charge in [0.05, 0.1) is 24.4 Å². The monoisotopic (exact) mass is 365 g/mol. The van der Waals surface area contributed by atoms with Gasteiger partial charge in [0.25, 0.3) is 5.91 Å². The molecule has 0 spiro atoms. The van der Waals surface area contributed by atoms with E-state index in [2.05, 4.69) is 33.2 Å². The lowest BCUT2D eigenvalue weighted by Crippen LogP contribution is -2.44. The number of nitriles is 1. The largest absolute Gasteiger partial charge is 0.484 e. The zero-order valence-corrected chi connectivity index (χ0v) is 15.4. The number of rotatable bonds is 6. The minimum Gasteiger partial charge on any atom is -0.484 e. The summed E-state index contributed by atoms with van der Waals surface area (Å²) in [6.45, 7) is 3.87. The van der Waals surface area contributed by atoms with Crippen LogP contribution in [0.1, 0.15) is 5.56 Å². The van der Waals surface area contributed by atoms with E-state index in [4.69, 9.17) is 10.00 Å². The van der Waals surface area contributed by atoms with Crippen molar-refractivity contribution in [2.24, 2.45) is 0 Å². The van der Waals surface area contributed by atoms with E-state index in [0.717, 1.165) is 37.6 Å². The highest BCUT2D eigenvalue weighted by atomic mass is 16.5. The van der Waals surface area contributed by atoms with Crippen molar-refractivity contribution in [3.63, 3.8) is 0 Å². The standard InChI is InChI=1S/C20H23N5O2/c1-24-10-12-25(13-11-24)19-7-4-17(14-22-19)23-20(26)15-27-18-5-2-16(3-6-18)8-9-21/h2-7,14H,8,10-13,15H2,1H3,(H,23,26). The summed E-state index contributed by atoms with van der Waals surface area (Å²) < 4.78 is 5.47. The van der Waals surface area contributed by atoms with Gasteiger partial charge in [-0.2, -0.15) is 5.26 Å². The van der Waals surface area contributed by atoms with Gasteiger partial charge in [0.2, 0.25) is 0 Å². The molecule has 3 rings (SSSR count). The van der Waals surface area contributed by atoms with Gasteiger partial charge in [-0.05, 0) is 36.9 Å². The van der Waals surface area contributed by atoms with Gasteiger partial charge in [-0.1, -0.05) is 12.1 Å². The summed E-state index contributed by atoms with van der Waals surface area (Å²) in [7, 11) is 2.12. The van der Waals surface area contributed by atoms with E-state index in [1.54, 1.807) is 18.3 Å². The molecule has 1 aliphatic rings. The zero-order chi connectivity index (χ0) is 19.1. The molecule has 0 atom stereocenters. The molecule has 0 radical (unpaired) electrons. The van der Waals surface area contributed by atoms with E-state index in [0.29, 0.717) is 17.9 Å². The number of hydrogen-bond acceptors (Lipinski definition) is 6. The minimum atomic E-state index is -0.245. The lowest BCUT2D eigenvalue weighted by Gasteiger charge is -2.33. The highest BCUT2D eigenvalue weighted by Crippen LogP contribution is 2.16. The Morgan fingerprint density at radius 1 is 1.19 bits per heavy atom. The molecule has 1 saturated heterocycles. The van der Waals surface area contributed by atoms with Crippen molar-refractivity contribution < 1.29 is 9.53 Å². The van der Waals surface area contributed by atoms with Crippen LogP contribution in [0.4, 0.5) is 11.5 Å². The van der Waals surface area contributed by atoms with Crippen molar-refractivity contribution in [2.75, 3.05) is 50.1 Å². The average molecular weight is 365 g/mol. The second-order valence-corrected chi connectivity index (χ2v) is 6.51. The Morgan fingerprint density at radius 3 is 2.56 bits per heavy atom. The quantitative estimate of drug-likeness (QED) is 0.842. The van der Waals surface area contributed by atoms with Crippen molar-refractivity contribution in [3.8, 4) is 11.8 Å². The number of carbonyl (C=O) groups is 1. The topological polar surface area (TPSA) is 81.5 Å². The van der Waals surface area contributed by atoms with Gasteiger partial charge in [-0.3, -0.25) is 4.79 Å². The summed E-state index contributed by atoms with van der Waals surface area (Å²) in [5, 5.41) is 11.4. The normalized spacial score (nSPS) is 14.4. The number of benzene rings is 1. The number of aromatic nitrogens is 1. The fraction of sp³-hybridized carbons (Fsp3) is 0.350. The number of nitrogens with one attached hydrogen (secondary N) is 1. The second kappa shape index (κ2) is 9.01. The van der Waals surface area contributed by atoms with E-state index in [9.17, 15) is 4.79 Å². The second-order valence-electron chi connectivity index (χ2n) is 6.51. The maximum Gasteiger partial charge on any atom is 0.262 e. The Balaban J connectivity index is 1.47. The molecule has 2 heterocycles. The molecule has 1 aromatic heterocycles. The molecule has 0 bridgehead atoms. The molecule has 7 heteroatoms. The van der Waals surface area contributed by atoms with Crippen LogP contribution in [0, 0.1) is 11.3 Å². The Morgan fingerprint density at radius 2 is 1.93 bits per heavy atom. The van der Waals surface area contributed by atoms with Gasteiger partial charge in [-0.15, -0.1) is 0 Å². The maximum atomic E-state index is 12.1. The zero-order valence-electron chi connectivity index (χ0n) is 15.4. The first-order valence-electron chi connectivity index (χ1n) is 8.92. The molecule has 1 amide bonds. The first-order chi connectivity index (χ1) is 13.1. The number of anilines is 2. The Labute approximate surface area is 159 Å². The van der Waals surface area contributed by atoms with Gasteiger partial charge in [0.15, 0.2) is 6.61 Å². The molecule has 2 aromatic rings. The van der Waals surface area contributed by atoms with Crippen LogP contribution in [0.2, 0.25) is 0 Å². The summed E-state index contributed by atoms with van der Waals surface area (Å²) >= 11 is 0. The predicted molar refractivity (Wildman–Crippen MR) is 104 cm³/mol. The van der Waals surface area contributed by atoms with Crippen LogP contribution in [-0.4, -0.2) is 55.6 Å². The lowest BCUT2D eigenvalue weighted by atomic mass is 10.2. The van der Waals surface area contributed by atoms with Crippen molar-refractivity contribution in [2.45, 2.75) is 6.42 Å². The highest BCUT2D eigenvalue weighted by molar-refractivity contribution is 5.91. The van der Waals surface area contributed by atoms with Gasteiger partial charge in [-0.25, -0.2) is 4.98 Å². The Kier molecular flexibility index (Phi) is 6.23. The lowest BCUT2D eigenvalue weighted by molar-refractivity contribution is -0.118. The Hall–Kier alpha value is -3.11. The number of nitrogens with zero attached hydrogens (tertiary/aromatic N) is 4. The van der Waals surface area contributed by atoms with E-state index in [1.807, 2.05) is 24.3 Å². The van der Waals surface area contributed by atoms with Crippen molar-refractivity contribution in [3.05, 3.63) is 48.2 Å². The van der Waals surface area contributed by atoms with Crippen LogP contribution in [0.15, 0.2) is 42.6 Å². The molecule has 1 fully saturated rings. The number of pyridine rings is 1. The van der Waals surface area contributed by atoms with Crippen LogP contribution in [0.25, 0.3) is 0 Å². The van der Waals surface area contributed by atoms with Gasteiger partial charge in [0, 0.05) is 26.2 Å². The number of amides is 1. The highest BCUT2D eigenvalue weighted by Gasteiger charge is 2.15. The number of piperazine rings is 1. The molecule has 7 nitrogen and oxygen atoms in total. The third-order valence-corrected chi connectivity index (χ3v) is 4.44. The van der Waals surface area contributed by atoms with Crippen LogP contribution in [-0.2, 0) is 11.2 Å². The van der Waals surface area contributed by atoms with Crippen molar-refractivity contribution in [1.82, 2.24) is 9.88 Å². The number of ether oxygens (including phenoxy) is 1. The molecule has 140 valence electrons. The molecule has 0 saturated carbocycles. The SMILES string of the molecule is CN1CCN(c2ccc(NC(=O)COc3ccc(CC#N)cc3)cn2)CC1. The molecular formula is C20H23N5O2. The fourth-order valence-corrected chi connectivity index (χ4v) is 2.82. The summed E-state index contributed by atoms with van der Waals surface area (Å²) in [5.41, 5.74) is 1.56. The van der Waals surface area contributed by atoms with Crippen molar-refractivity contribution >= 4 is 17.4 Å². The van der Waals surface area contributed by atoms with Crippen LogP contribution in [0.3, 0.4) is 0 Å². The van der Waals surface area contributed by atoms with Gasteiger partial charge in [0.1, 0.15) is 11.6 Å². The van der Waals surface area contributed by atoms with E-state index in [-0.39, 0.29) is 12.5 Å². The third kappa shape index (κ3) is 5.43. The number of hydrogen-bond donors (Lipinski definition) is 1. The fourth-order valence-electron chi connectivity index (χ4n) is 2.82. The van der Waals surface area contributed by atoms with E-state index < -0.39 is 0 Å². The first kappa shape index (κ1) is 18.7. The summed E-state index contributed by atoms with van der Waals surface area (Å²) in [5.74, 6) is 1.27. The molecule has 0 unspecified atom stereocenters. The van der Waals surface area contributed by atoms with E-state index in [1.165, 1.54) is 0 Å². The Bertz CT molecular complexity index is 791. The van der Waals surface area contributed by atoms with Crippen LogP contribution < -0.4 is 15.0 Å². The molecule has 27 heavy (non-hydrogen) atoms. The maximum absolute atomic E-state index is 12.1. The third-order valence-electron chi connectivity index (χ3n) is 4.44. The molecule has 0 aliphatic carbocycles. The molecular weight excluding hydrogens is 342 g/mol. The summed E-state index contributed by atoms with van der Waals surface area (Å²) in [6.07, 6.45) is 2.03. The average Bonchev–Trinajstić information content (AvgIpc) is 2.69. The minimum absolute atomic E-state index is 0.0855. The summed E-state index contributed by atoms with van der Waals surface area (Å²) in [6, 6.07) is 13.0. The van der Waals surface area contributed by atoms with Crippen LogP contribution in [0.5, 0.6) is 5.75 Å².